The highest BCUT2D eigenvalue weighted by Gasteiger charge is 2.24. The first-order valence-corrected chi connectivity index (χ1v) is 8.41. The summed E-state index contributed by atoms with van der Waals surface area (Å²) in [6.07, 6.45) is -0.980. The SMILES string of the molecule is CC(=O)c1c(C)[nH]c(C(=O)O[C@H](C)C(=O)Nc2cc(C)ccc2C)c1C. The van der Waals surface area contributed by atoms with E-state index in [0.717, 1.165) is 11.1 Å². The number of aryl methyl sites for hydroxylation is 3. The normalized spacial score (nSPS) is 11.8. The van der Waals surface area contributed by atoms with Crippen molar-refractivity contribution in [1.29, 1.82) is 0 Å². The molecule has 0 aliphatic rings. The molecule has 1 amide bonds. The summed E-state index contributed by atoms with van der Waals surface area (Å²) in [5, 5.41) is 2.78. The van der Waals surface area contributed by atoms with Crippen LogP contribution >= 0.6 is 0 Å². The van der Waals surface area contributed by atoms with Crippen LogP contribution in [0.5, 0.6) is 0 Å². The number of esters is 1. The molecular weight excluding hydrogens is 332 g/mol. The zero-order chi connectivity index (χ0) is 19.6. The van der Waals surface area contributed by atoms with Gasteiger partial charge in [-0.3, -0.25) is 9.59 Å². The van der Waals surface area contributed by atoms with Crippen LogP contribution in [0.15, 0.2) is 18.2 Å². The van der Waals surface area contributed by atoms with Crippen LogP contribution in [0.25, 0.3) is 0 Å². The summed E-state index contributed by atoms with van der Waals surface area (Å²) in [6.45, 7) is 10.2. The lowest BCUT2D eigenvalue weighted by Crippen LogP contribution is -2.30. The number of carbonyl (C=O) groups excluding carboxylic acids is 3. The Morgan fingerprint density at radius 1 is 1.12 bits per heavy atom. The van der Waals surface area contributed by atoms with Crippen LogP contribution in [0, 0.1) is 27.7 Å². The van der Waals surface area contributed by atoms with Gasteiger partial charge in [-0.15, -0.1) is 0 Å². The number of aromatic amines is 1. The average Bonchev–Trinajstić information content (AvgIpc) is 2.85. The number of hydrogen-bond acceptors (Lipinski definition) is 4. The molecule has 1 aromatic heterocycles. The summed E-state index contributed by atoms with van der Waals surface area (Å²) in [5.41, 5.74) is 4.43. The van der Waals surface area contributed by atoms with Crippen molar-refractivity contribution in [3.05, 3.63) is 51.8 Å². The largest absolute Gasteiger partial charge is 0.448 e. The summed E-state index contributed by atoms with van der Waals surface area (Å²) >= 11 is 0. The molecule has 1 atom stereocenters. The lowest BCUT2D eigenvalue weighted by atomic mass is 10.1. The topological polar surface area (TPSA) is 88.3 Å². The molecular formula is C20H24N2O4. The molecule has 2 aromatic rings. The molecule has 1 heterocycles. The van der Waals surface area contributed by atoms with E-state index in [4.69, 9.17) is 4.74 Å². The van der Waals surface area contributed by atoms with Crippen LogP contribution in [0.3, 0.4) is 0 Å². The van der Waals surface area contributed by atoms with Gasteiger partial charge >= 0.3 is 5.97 Å². The number of ketones is 1. The molecule has 1 aromatic carbocycles. The van der Waals surface area contributed by atoms with Gasteiger partial charge < -0.3 is 15.0 Å². The predicted octanol–water partition coefficient (Wildman–Crippen LogP) is 3.63. The molecule has 138 valence electrons. The molecule has 0 saturated heterocycles. The summed E-state index contributed by atoms with van der Waals surface area (Å²) in [7, 11) is 0. The van der Waals surface area contributed by atoms with E-state index in [2.05, 4.69) is 10.3 Å². The number of ether oxygens (including phenoxy) is 1. The van der Waals surface area contributed by atoms with Gasteiger partial charge in [-0.1, -0.05) is 12.1 Å². The van der Waals surface area contributed by atoms with Crippen LogP contribution in [-0.4, -0.2) is 28.7 Å². The molecule has 6 heteroatoms. The maximum absolute atomic E-state index is 12.4. The molecule has 6 nitrogen and oxygen atoms in total. The van der Waals surface area contributed by atoms with Crippen LogP contribution < -0.4 is 5.32 Å². The predicted molar refractivity (Wildman–Crippen MR) is 99.7 cm³/mol. The maximum Gasteiger partial charge on any atom is 0.355 e. The second-order valence-electron chi connectivity index (χ2n) is 6.54. The number of Topliss-reactive ketones (excluding diaryl/α,β-unsaturated/α-hetero) is 1. The van der Waals surface area contributed by atoms with Gasteiger partial charge in [0.25, 0.3) is 5.91 Å². The van der Waals surface area contributed by atoms with E-state index < -0.39 is 18.0 Å². The molecule has 0 unspecified atom stereocenters. The molecule has 2 N–H and O–H groups in total. The molecule has 0 fully saturated rings. The van der Waals surface area contributed by atoms with Crippen molar-refractivity contribution < 1.29 is 19.1 Å². The number of benzene rings is 1. The molecule has 0 aliphatic heterocycles. The number of H-pyrrole nitrogens is 1. The third-order valence-corrected chi connectivity index (χ3v) is 4.30. The molecule has 2 rings (SSSR count). The number of carbonyl (C=O) groups is 3. The second kappa shape index (κ2) is 7.56. The minimum absolute atomic E-state index is 0.129. The number of aromatic nitrogens is 1. The molecule has 0 spiro atoms. The Balaban J connectivity index is 2.12. The van der Waals surface area contributed by atoms with Crippen LogP contribution in [-0.2, 0) is 9.53 Å². The monoisotopic (exact) mass is 356 g/mol. The van der Waals surface area contributed by atoms with E-state index in [-0.39, 0.29) is 11.5 Å². The first kappa shape index (κ1) is 19.4. The van der Waals surface area contributed by atoms with Gasteiger partial charge in [-0.05, 0) is 64.3 Å². The number of rotatable bonds is 5. The average molecular weight is 356 g/mol. The van der Waals surface area contributed by atoms with E-state index in [1.54, 1.807) is 13.8 Å². The highest BCUT2D eigenvalue weighted by atomic mass is 16.5. The van der Waals surface area contributed by atoms with Crippen molar-refractivity contribution in [1.82, 2.24) is 4.98 Å². The van der Waals surface area contributed by atoms with Crippen molar-refractivity contribution in [2.24, 2.45) is 0 Å². The molecule has 0 aliphatic carbocycles. The lowest BCUT2D eigenvalue weighted by Gasteiger charge is -2.15. The van der Waals surface area contributed by atoms with E-state index in [9.17, 15) is 14.4 Å². The molecule has 0 saturated carbocycles. The van der Waals surface area contributed by atoms with Crippen molar-refractivity contribution >= 4 is 23.3 Å². The quantitative estimate of drug-likeness (QED) is 0.632. The van der Waals surface area contributed by atoms with Crippen LogP contribution in [0.4, 0.5) is 5.69 Å². The van der Waals surface area contributed by atoms with Crippen molar-refractivity contribution in [3.8, 4) is 0 Å². The van der Waals surface area contributed by atoms with Crippen molar-refractivity contribution in [3.63, 3.8) is 0 Å². The van der Waals surface area contributed by atoms with Crippen molar-refractivity contribution in [2.45, 2.75) is 47.6 Å². The highest BCUT2D eigenvalue weighted by Crippen LogP contribution is 2.20. The van der Waals surface area contributed by atoms with Gasteiger partial charge in [0.05, 0.1) is 0 Å². The third-order valence-electron chi connectivity index (χ3n) is 4.30. The summed E-state index contributed by atoms with van der Waals surface area (Å²) in [6, 6.07) is 5.73. The van der Waals surface area contributed by atoms with Crippen molar-refractivity contribution in [2.75, 3.05) is 5.32 Å². The fraction of sp³-hybridized carbons (Fsp3) is 0.350. The first-order valence-electron chi connectivity index (χ1n) is 8.41. The summed E-state index contributed by atoms with van der Waals surface area (Å²) in [4.78, 5) is 39.3. The van der Waals surface area contributed by atoms with Gasteiger partial charge in [-0.25, -0.2) is 4.79 Å². The Labute approximate surface area is 152 Å². The van der Waals surface area contributed by atoms with Crippen LogP contribution in [0.2, 0.25) is 0 Å². The zero-order valence-corrected chi connectivity index (χ0v) is 15.9. The molecule has 26 heavy (non-hydrogen) atoms. The van der Waals surface area contributed by atoms with E-state index >= 15 is 0 Å². The third kappa shape index (κ3) is 4.02. The van der Waals surface area contributed by atoms with E-state index in [1.807, 2.05) is 32.0 Å². The lowest BCUT2D eigenvalue weighted by molar-refractivity contribution is -0.123. The number of anilines is 1. The molecule has 0 radical (unpaired) electrons. The minimum atomic E-state index is -0.980. The van der Waals surface area contributed by atoms with Gasteiger partial charge in [-0.2, -0.15) is 0 Å². The fourth-order valence-electron chi connectivity index (χ4n) is 2.86. The number of hydrogen-bond donors (Lipinski definition) is 2. The van der Waals surface area contributed by atoms with E-state index in [0.29, 0.717) is 22.5 Å². The Morgan fingerprint density at radius 2 is 1.77 bits per heavy atom. The van der Waals surface area contributed by atoms with Gasteiger partial charge in [0.2, 0.25) is 0 Å². The fourth-order valence-corrected chi connectivity index (χ4v) is 2.86. The van der Waals surface area contributed by atoms with Crippen LogP contribution in [0.1, 0.15) is 57.1 Å². The van der Waals surface area contributed by atoms with Gasteiger partial charge in [0.1, 0.15) is 5.69 Å². The molecule has 0 bridgehead atoms. The number of nitrogens with one attached hydrogen (secondary N) is 2. The Bertz CT molecular complexity index is 880. The zero-order valence-electron chi connectivity index (χ0n) is 15.9. The maximum atomic E-state index is 12.4. The minimum Gasteiger partial charge on any atom is -0.448 e. The first-order chi connectivity index (χ1) is 12.1. The Morgan fingerprint density at radius 3 is 2.35 bits per heavy atom. The highest BCUT2D eigenvalue weighted by molar-refractivity contribution is 6.02. The Hall–Kier alpha value is -2.89. The standard InChI is InChI=1S/C20H24N2O4/c1-10-7-8-11(2)16(9-10)22-19(24)15(6)26-20(25)18-12(3)17(14(5)23)13(4)21-18/h7-9,15,21H,1-6H3,(H,22,24)/t15-/m1/s1. The second-order valence-corrected chi connectivity index (χ2v) is 6.54. The smallest absolute Gasteiger partial charge is 0.355 e. The van der Waals surface area contributed by atoms with Gasteiger partial charge in [0, 0.05) is 16.9 Å². The number of amides is 1. The summed E-state index contributed by atoms with van der Waals surface area (Å²) in [5.74, 6) is -1.21. The van der Waals surface area contributed by atoms with E-state index in [1.165, 1.54) is 13.8 Å². The summed E-state index contributed by atoms with van der Waals surface area (Å²) < 4.78 is 5.28. The van der Waals surface area contributed by atoms with Gasteiger partial charge in [0.15, 0.2) is 11.9 Å². The Kier molecular flexibility index (Phi) is 5.65.